The summed E-state index contributed by atoms with van der Waals surface area (Å²) in [6.45, 7) is 3.19. The van der Waals surface area contributed by atoms with Crippen LogP contribution in [0.15, 0.2) is 21.2 Å². The SMILES string of the molecule is CCOC(=O)c1sc(N)c(C(=O)OCC)c1COC(=O)c1ccc(Br)o1. The van der Waals surface area contributed by atoms with E-state index in [2.05, 4.69) is 15.9 Å². The Balaban J connectivity index is 2.31. The van der Waals surface area contributed by atoms with E-state index >= 15 is 0 Å². The Morgan fingerprint density at radius 1 is 1.08 bits per heavy atom. The molecule has 0 spiro atoms. The third-order valence-corrected chi connectivity index (χ3v) is 4.56. The quantitative estimate of drug-likeness (QED) is 0.508. The minimum absolute atomic E-state index is 0.00618. The van der Waals surface area contributed by atoms with Gasteiger partial charge in [0.25, 0.3) is 0 Å². The second-order valence-corrected chi connectivity index (χ2v) is 6.60. The van der Waals surface area contributed by atoms with E-state index in [4.69, 9.17) is 24.4 Å². The number of rotatable bonds is 7. The maximum absolute atomic E-state index is 12.2. The molecule has 2 N–H and O–H groups in total. The molecule has 0 aliphatic heterocycles. The number of furan rings is 1. The smallest absolute Gasteiger partial charge is 0.374 e. The summed E-state index contributed by atoms with van der Waals surface area (Å²) in [7, 11) is 0. The zero-order chi connectivity index (χ0) is 19.3. The molecule has 0 saturated carbocycles. The molecule has 0 unspecified atom stereocenters. The van der Waals surface area contributed by atoms with Gasteiger partial charge in [0.1, 0.15) is 22.0 Å². The first kappa shape index (κ1) is 20.0. The van der Waals surface area contributed by atoms with Gasteiger partial charge in [-0.1, -0.05) is 0 Å². The number of anilines is 1. The van der Waals surface area contributed by atoms with Crippen LogP contribution in [0.2, 0.25) is 0 Å². The van der Waals surface area contributed by atoms with Crippen molar-refractivity contribution in [2.45, 2.75) is 20.5 Å². The fraction of sp³-hybridized carbons (Fsp3) is 0.312. The van der Waals surface area contributed by atoms with Gasteiger partial charge >= 0.3 is 17.9 Å². The second kappa shape index (κ2) is 8.86. The first-order chi connectivity index (χ1) is 12.4. The average molecular weight is 446 g/mol. The summed E-state index contributed by atoms with van der Waals surface area (Å²) in [4.78, 5) is 36.5. The van der Waals surface area contributed by atoms with Gasteiger partial charge in [0.05, 0.1) is 13.2 Å². The van der Waals surface area contributed by atoms with Gasteiger partial charge in [0.15, 0.2) is 4.67 Å². The molecular formula is C16H16BrNO7S. The zero-order valence-electron chi connectivity index (χ0n) is 14.0. The number of nitrogens with two attached hydrogens (primary N) is 1. The lowest BCUT2D eigenvalue weighted by atomic mass is 10.1. The molecule has 0 aliphatic carbocycles. The monoisotopic (exact) mass is 445 g/mol. The number of carbonyl (C=O) groups is 3. The van der Waals surface area contributed by atoms with Gasteiger partial charge < -0.3 is 24.4 Å². The van der Waals surface area contributed by atoms with Crippen LogP contribution in [0.25, 0.3) is 0 Å². The highest BCUT2D eigenvalue weighted by Crippen LogP contribution is 2.33. The molecule has 0 fully saturated rings. The van der Waals surface area contributed by atoms with Crippen molar-refractivity contribution in [2.24, 2.45) is 0 Å². The molecular weight excluding hydrogens is 430 g/mol. The first-order valence-electron chi connectivity index (χ1n) is 7.56. The molecule has 8 nitrogen and oxygen atoms in total. The maximum Gasteiger partial charge on any atom is 0.374 e. The molecule has 2 rings (SSSR count). The van der Waals surface area contributed by atoms with Crippen LogP contribution in [0, 0.1) is 0 Å². The van der Waals surface area contributed by atoms with Crippen LogP contribution in [0.4, 0.5) is 5.00 Å². The Labute approximate surface area is 161 Å². The van der Waals surface area contributed by atoms with E-state index in [1.807, 2.05) is 0 Å². The number of halogens is 1. The van der Waals surface area contributed by atoms with Gasteiger partial charge in [-0.05, 0) is 41.9 Å². The Morgan fingerprint density at radius 2 is 1.73 bits per heavy atom. The van der Waals surface area contributed by atoms with Crippen LogP contribution in [0.5, 0.6) is 0 Å². The maximum atomic E-state index is 12.2. The zero-order valence-corrected chi connectivity index (χ0v) is 16.4. The van der Waals surface area contributed by atoms with E-state index in [9.17, 15) is 14.4 Å². The molecule has 0 aliphatic rings. The standard InChI is InChI=1S/C16H16BrNO7S/c1-3-22-15(20)11-8(12(26-13(11)18)16(21)23-4-2)7-24-14(19)9-5-6-10(17)25-9/h5-6H,3-4,7,18H2,1-2H3. The van der Waals surface area contributed by atoms with Crippen LogP contribution in [-0.4, -0.2) is 31.1 Å². The van der Waals surface area contributed by atoms with Gasteiger partial charge in [-0.15, -0.1) is 11.3 Å². The van der Waals surface area contributed by atoms with E-state index in [0.29, 0.717) is 4.67 Å². The molecule has 10 heteroatoms. The molecule has 26 heavy (non-hydrogen) atoms. The molecule has 0 atom stereocenters. The van der Waals surface area contributed by atoms with Crippen LogP contribution in [0.1, 0.15) is 50.0 Å². The summed E-state index contributed by atoms with van der Waals surface area (Å²) in [5.41, 5.74) is 6.01. The predicted molar refractivity (Wildman–Crippen MR) is 96.2 cm³/mol. The fourth-order valence-corrected chi connectivity index (χ4v) is 3.31. The van der Waals surface area contributed by atoms with Crippen molar-refractivity contribution < 1.29 is 33.0 Å². The number of carbonyl (C=O) groups excluding carboxylic acids is 3. The normalized spacial score (nSPS) is 10.4. The molecule has 0 radical (unpaired) electrons. The Morgan fingerprint density at radius 3 is 2.31 bits per heavy atom. The minimum Gasteiger partial charge on any atom is -0.462 e. The Bertz CT molecular complexity index is 827. The molecule has 0 aromatic carbocycles. The van der Waals surface area contributed by atoms with Crippen molar-refractivity contribution in [2.75, 3.05) is 18.9 Å². The van der Waals surface area contributed by atoms with Crippen molar-refractivity contribution in [1.82, 2.24) is 0 Å². The Kier molecular flexibility index (Phi) is 6.81. The topological polar surface area (TPSA) is 118 Å². The van der Waals surface area contributed by atoms with Gasteiger partial charge in [-0.2, -0.15) is 0 Å². The lowest BCUT2D eigenvalue weighted by molar-refractivity contribution is 0.0409. The third-order valence-electron chi connectivity index (χ3n) is 3.10. The molecule has 2 heterocycles. The summed E-state index contributed by atoms with van der Waals surface area (Å²) in [5.74, 6) is -2.16. The number of esters is 3. The van der Waals surface area contributed by atoms with Crippen molar-refractivity contribution in [1.29, 1.82) is 0 Å². The van der Waals surface area contributed by atoms with E-state index in [-0.39, 0.29) is 46.6 Å². The van der Waals surface area contributed by atoms with Gasteiger partial charge in [-0.3, -0.25) is 0 Å². The van der Waals surface area contributed by atoms with Crippen molar-refractivity contribution in [3.8, 4) is 0 Å². The van der Waals surface area contributed by atoms with E-state index in [0.717, 1.165) is 11.3 Å². The summed E-state index contributed by atoms with van der Waals surface area (Å²) in [5, 5.41) is 0.0818. The van der Waals surface area contributed by atoms with Gasteiger partial charge in [-0.25, -0.2) is 14.4 Å². The Hall–Kier alpha value is -2.33. The summed E-state index contributed by atoms with van der Waals surface area (Å²) >= 11 is 3.96. The summed E-state index contributed by atoms with van der Waals surface area (Å²) in [6.07, 6.45) is 0. The molecule has 2 aromatic rings. The van der Waals surface area contributed by atoms with Crippen molar-refractivity contribution in [3.05, 3.63) is 38.6 Å². The predicted octanol–water partition coefficient (Wildman–Crippen LogP) is 3.40. The lowest BCUT2D eigenvalue weighted by Crippen LogP contribution is -2.14. The van der Waals surface area contributed by atoms with Crippen molar-refractivity contribution in [3.63, 3.8) is 0 Å². The van der Waals surface area contributed by atoms with Gasteiger partial charge in [0, 0.05) is 5.56 Å². The highest BCUT2D eigenvalue weighted by atomic mass is 79.9. The third kappa shape index (κ3) is 4.44. The molecule has 0 bridgehead atoms. The summed E-state index contributed by atoms with van der Waals surface area (Å²) < 4.78 is 20.6. The van der Waals surface area contributed by atoms with E-state index < -0.39 is 17.9 Å². The highest BCUT2D eigenvalue weighted by Gasteiger charge is 2.29. The highest BCUT2D eigenvalue weighted by molar-refractivity contribution is 9.10. The van der Waals surface area contributed by atoms with E-state index in [1.165, 1.54) is 12.1 Å². The number of thiophene rings is 1. The lowest BCUT2D eigenvalue weighted by Gasteiger charge is -2.08. The minimum atomic E-state index is -0.759. The number of hydrogen-bond acceptors (Lipinski definition) is 9. The van der Waals surface area contributed by atoms with Crippen LogP contribution >= 0.6 is 27.3 Å². The number of ether oxygens (including phenoxy) is 3. The first-order valence-corrected chi connectivity index (χ1v) is 9.17. The molecule has 140 valence electrons. The van der Waals surface area contributed by atoms with Gasteiger partial charge in [0.2, 0.25) is 5.76 Å². The largest absolute Gasteiger partial charge is 0.462 e. The fourth-order valence-electron chi connectivity index (χ4n) is 2.04. The summed E-state index contributed by atoms with van der Waals surface area (Å²) in [6, 6.07) is 2.96. The molecule has 2 aromatic heterocycles. The van der Waals surface area contributed by atoms with Crippen LogP contribution in [-0.2, 0) is 20.8 Å². The molecule has 0 saturated heterocycles. The van der Waals surface area contributed by atoms with Crippen LogP contribution in [0.3, 0.4) is 0 Å². The number of hydrogen-bond donors (Lipinski definition) is 1. The van der Waals surface area contributed by atoms with Crippen LogP contribution < -0.4 is 5.73 Å². The number of nitrogen functional groups attached to an aromatic ring is 1. The molecule has 0 amide bonds. The van der Waals surface area contributed by atoms with E-state index in [1.54, 1.807) is 13.8 Å². The second-order valence-electron chi connectivity index (χ2n) is 4.77. The average Bonchev–Trinajstić information content (AvgIpc) is 3.16. The van der Waals surface area contributed by atoms with Crippen molar-refractivity contribution >= 4 is 50.2 Å².